The fraction of sp³-hybridized carbons (Fsp3) is 0.200. The first-order valence-corrected chi connectivity index (χ1v) is 12.5. The molecule has 7 rings (SSSR count). The van der Waals surface area contributed by atoms with Crippen LogP contribution >= 0.6 is 0 Å². The second kappa shape index (κ2) is 8.12. The summed E-state index contributed by atoms with van der Waals surface area (Å²) in [5.74, 6) is 0.919. The van der Waals surface area contributed by atoms with Gasteiger partial charge >= 0.3 is 0 Å². The summed E-state index contributed by atoms with van der Waals surface area (Å²) in [5, 5.41) is 1.86. The lowest BCUT2D eigenvalue weighted by Gasteiger charge is -2.17. The predicted molar refractivity (Wildman–Crippen MR) is 138 cm³/mol. The average Bonchev–Trinajstić information content (AvgIpc) is 3.55. The maximum absolute atomic E-state index is 13.4. The zero-order valence-corrected chi connectivity index (χ0v) is 19.6. The summed E-state index contributed by atoms with van der Waals surface area (Å²) in [7, 11) is 0. The van der Waals surface area contributed by atoms with Gasteiger partial charge in [0.15, 0.2) is 11.6 Å². The average molecular weight is 474 g/mol. The van der Waals surface area contributed by atoms with Crippen molar-refractivity contribution in [2.24, 2.45) is 0 Å². The minimum absolute atomic E-state index is 0.109. The van der Waals surface area contributed by atoms with Crippen LogP contribution in [0.3, 0.4) is 0 Å². The van der Waals surface area contributed by atoms with Gasteiger partial charge in [0.05, 0.1) is 5.57 Å². The van der Waals surface area contributed by atoms with Gasteiger partial charge in [0, 0.05) is 22.7 Å². The zero-order chi connectivity index (χ0) is 24.2. The van der Waals surface area contributed by atoms with Gasteiger partial charge in [0.2, 0.25) is 11.5 Å². The van der Waals surface area contributed by atoms with Crippen molar-refractivity contribution < 1.29 is 14.0 Å². The van der Waals surface area contributed by atoms with E-state index in [0.29, 0.717) is 34.2 Å². The highest BCUT2D eigenvalue weighted by atomic mass is 16.4. The lowest BCUT2D eigenvalue weighted by molar-refractivity contribution is 0.0990. The SMILES string of the molecule is O=C1C(=Cc2nc3oc(C4CCCCC4)nc3n2-c2ccccc2)C(=O)c2cc3ccccc3cc21. The normalized spacial score (nSPS) is 16.3. The quantitative estimate of drug-likeness (QED) is 0.216. The van der Waals surface area contributed by atoms with Crippen molar-refractivity contribution in [1.29, 1.82) is 0 Å². The molecule has 0 N–H and O–H groups in total. The summed E-state index contributed by atoms with van der Waals surface area (Å²) >= 11 is 0. The number of carbonyl (C=O) groups is 2. The molecule has 0 bridgehead atoms. The van der Waals surface area contributed by atoms with Crippen LogP contribution in [-0.4, -0.2) is 26.1 Å². The van der Waals surface area contributed by atoms with Gasteiger partial charge < -0.3 is 4.42 Å². The van der Waals surface area contributed by atoms with Crippen LogP contribution in [0, 0.1) is 0 Å². The van der Waals surface area contributed by atoms with Gasteiger partial charge in [-0.3, -0.25) is 14.2 Å². The monoisotopic (exact) mass is 473 g/mol. The topological polar surface area (TPSA) is 78.0 Å². The molecule has 2 aromatic heterocycles. The third-order valence-electron chi connectivity index (χ3n) is 7.37. The molecule has 3 aromatic carbocycles. The van der Waals surface area contributed by atoms with Crippen molar-refractivity contribution in [3.8, 4) is 5.69 Å². The van der Waals surface area contributed by atoms with Crippen LogP contribution in [-0.2, 0) is 0 Å². The van der Waals surface area contributed by atoms with Gasteiger partial charge in [-0.05, 0) is 54.0 Å². The van der Waals surface area contributed by atoms with E-state index in [4.69, 9.17) is 14.4 Å². The van der Waals surface area contributed by atoms with Crippen LogP contribution in [0.1, 0.15) is 70.5 Å². The molecule has 5 aromatic rings. The van der Waals surface area contributed by atoms with Gasteiger partial charge in [0.1, 0.15) is 5.82 Å². The largest absolute Gasteiger partial charge is 0.420 e. The number of Topliss-reactive ketones (excluding diaryl/α,β-unsaturated/α-hetero) is 2. The Morgan fingerprint density at radius 1 is 0.806 bits per heavy atom. The number of allylic oxidation sites excluding steroid dienone is 1. The van der Waals surface area contributed by atoms with Gasteiger partial charge in [-0.15, -0.1) is 0 Å². The minimum atomic E-state index is -0.282. The number of carbonyl (C=O) groups excluding carboxylic acids is 2. The number of hydrogen-bond acceptors (Lipinski definition) is 5. The van der Waals surface area contributed by atoms with E-state index < -0.39 is 0 Å². The molecule has 2 aliphatic rings. The molecule has 2 heterocycles. The predicted octanol–water partition coefficient (Wildman–Crippen LogP) is 6.68. The Hall–Kier alpha value is -4.32. The number of rotatable bonds is 3. The summed E-state index contributed by atoms with van der Waals surface area (Å²) < 4.78 is 8.01. The van der Waals surface area contributed by atoms with Crippen LogP contribution in [0.4, 0.5) is 0 Å². The fourth-order valence-electron chi connectivity index (χ4n) is 5.52. The van der Waals surface area contributed by atoms with E-state index in [2.05, 4.69) is 0 Å². The molecule has 0 spiro atoms. The van der Waals surface area contributed by atoms with E-state index in [-0.39, 0.29) is 17.1 Å². The number of oxazole rings is 1. The van der Waals surface area contributed by atoms with Crippen molar-refractivity contribution in [2.75, 3.05) is 0 Å². The molecule has 6 nitrogen and oxygen atoms in total. The number of para-hydroxylation sites is 1. The van der Waals surface area contributed by atoms with Crippen molar-refractivity contribution in [3.05, 3.63) is 95.1 Å². The molecule has 0 amide bonds. The van der Waals surface area contributed by atoms with E-state index in [0.717, 1.165) is 35.2 Å². The highest BCUT2D eigenvalue weighted by Gasteiger charge is 2.34. The summed E-state index contributed by atoms with van der Waals surface area (Å²) in [6, 6.07) is 21.1. The molecule has 6 heteroatoms. The second-order valence-corrected chi connectivity index (χ2v) is 9.62. The van der Waals surface area contributed by atoms with Gasteiger partial charge in [-0.2, -0.15) is 9.97 Å². The maximum Gasteiger partial charge on any atom is 0.267 e. The van der Waals surface area contributed by atoms with Gasteiger partial charge in [-0.1, -0.05) is 61.7 Å². The molecule has 176 valence electrons. The van der Waals surface area contributed by atoms with E-state index in [1.165, 1.54) is 19.3 Å². The molecule has 0 unspecified atom stereocenters. The minimum Gasteiger partial charge on any atom is -0.420 e. The zero-order valence-electron chi connectivity index (χ0n) is 19.6. The van der Waals surface area contributed by atoms with Crippen molar-refractivity contribution in [3.63, 3.8) is 0 Å². The number of aromatic nitrogens is 3. The number of fused-ring (bicyclic) bond motifs is 3. The van der Waals surface area contributed by atoms with Gasteiger partial charge in [0.25, 0.3) is 5.71 Å². The fourth-order valence-corrected chi connectivity index (χ4v) is 5.52. The third kappa shape index (κ3) is 3.25. The molecule has 1 fully saturated rings. The Kier molecular flexibility index (Phi) is 4.74. The smallest absolute Gasteiger partial charge is 0.267 e. The first-order valence-electron chi connectivity index (χ1n) is 12.5. The van der Waals surface area contributed by atoms with E-state index in [1.807, 2.05) is 59.2 Å². The molecular weight excluding hydrogens is 450 g/mol. The maximum atomic E-state index is 13.4. The molecular formula is C30H23N3O3. The first kappa shape index (κ1) is 21.0. The Morgan fingerprint density at radius 3 is 2.11 bits per heavy atom. The van der Waals surface area contributed by atoms with Crippen molar-refractivity contribution in [1.82, 2.24) is 14.5 Å². The van der Waals surface area contributed by atoms with Gasteiger partial charge in [-0.25, -0.2) is 0 Å². The Morgan fingerprint density at radius 2 is 1.44 bits per heavy atom. The first-order chi connectivity index (χ1) is 17.7. The Bertz CT molecular complexity index is 1650. The van der Waals surface area contributed by atoms with Crippen LogP contribution < -0.4 is 0 Å². The molecule has 2 aliphatic carbocycles. The number of benzene rings is 3. The number of ketones is 2. The Labute approximate surface area is 207 Å². The van der Waals surface area contributed by atoms with Crippen LogP contribution in [0.5, 0.6) is 0 Å². The van der Waals surface area contributed by atoms with Crippen molar-refractivity contribution >= 4 is 39.8 Å². The van der Waals surface area contributed by atoms with Crippen LogP contribution in [0.25, 0.3) is 33.9 Å². The molecule has 0 radical (unpaired) electrons. The highest BCUT2D eigenvalue weighted by molar-refractivity contribution is 6.42. The molecule has 0 aliphatic heterocycles. The molecule has 1 saturated carbocycles. The summed E-state index contributed by atoms with van der Waals surface area (Å²) in [6.45, 7) is 0. The van der Waals surface area contributed by atoms with Crippen LogP contribution in [0.15, 0.2) is 76.7 Å². The van der Waals surface area contributed by atoms with E-state index in [1.54, 1.807) is 18.2 Å². The van der Waals surface area contributed by atoms with Crippen molar-refractivity contribution in [2.45, 2.75) is 38.0 Å². The number of imidazole rings is 1. The third-order valence-corrected chi connectivity index (χ3v) is 7.37. The summed E-state index contributed by atoms with van der Waals surface area (Å²) in [4.78, 5) is 36.3. The number of nitrogens with zero attached hydrogens (tertiary/aromatic N) is 3. The lowest BCUT2D eigenvalue weighted by atomic mass is 9.89. The lowest BCUT2D eigenvalue weighted by Crippen LogP contribution is -2.06. The highest BCUT2D eigenvalue weighted by Crippen LogP contribution is 2.36. The molecule has 0 saturated heterocycles. The summed E-state index contributed by atoms with van der Waals surface area (Å²) in [5.41, 5.74) is 2.85. The Balaban J connectivity index is 1.37. The number of hydrogen-bond donors (Lipinski definition) is 0. The van der Waals surface area contributed by atoms with E-state index >= 15 is 0 Å². The molecule has 0 atom stereocenters. The standard InChI is InChI=1S/C30H23N3O3/c34-26-22-15-19-11-7-8-12-20(19)16-23(22)27(35)24(26)17-25-31-30-28(33(25)21-13-5-2-6-14-21)32-29(36-30)18-9-3-1-4-10-18/h2,5-8,11-18H,1,3-4,9-10H2. The van der Waals surface area contributed by atoms with E-state index in [9.17, 15) is 9.59 Å². The second-order valence-electron chi connectivity index (χ2n) is 9.62. The van der Waals surface area contributed by atoms with Crippen LogP contribution in [0.2, 0.25) is 0 Å². The summed E-state index contributed by atoms with van der Waals surface area (Å²) in [6.07, 6.45) is 7.34. The molecule has 36 heavy (non-hydrogen) atoms.